The topological polar surface area (TPSA) is 103 Å². The Morgan fingerprint density at radius 2 is 1.97 bits per heavy atom. The first-order chi connectivity index (χ1) is 13.7. The van der Waals surface area contributed by atoms with Crippen molar-refractivity contribution in [3.8, 4) is 5.75 Å². The van der Waals surface area contributed by atoms with Gasteiger partial charge in [0.2, 0.25) is 0 Å². The Morgan fingerprint density at radius 1 is 1.21 bits per heavy atom. The molecule has 0 spiro atoms. The summed E-state index contributed by atoms with van der Waals surface area (Å²) < 4.78 is 1.11. The number of nitrogens with one attached hydrogen (secondary N) is 2. The molecule has 0 aliphatic carbocycles. The van der Waals surface area contributed by atoms with Gasteiger partial charge < -0.3 is 15.7 Å². The molecule has 0 radical (unpaired) electrons. The van der Waals surface area contributed by atoms with Crippen molar-refractivity contribution in [2.24, 2.45) is 0 Å². The van der Waals surface area contributed by atoms with E-state index in [4.69, 9.17) is 0 Å². The fourth-order valence-electron chi connectivity index (χ4n) is 2.64. The second-order valence-electron chi connectivity index (χ2n) is 7.52. The van der Waals surface area contributed by atoms with Crippen molar-refractivity contribution in [3.63, 3.8) is 0 Å². The van der Waals surface area contributed by atoms with E-state index in [1.807, 2.05) is 19.1 Å². The third-order valence-electron chi connectivity index (χ3n) is 4.25. The highest BCUT2D eigenvalue weighted by atomic mass is 32.1. The Balaban J connectivity index is 1.92. The van der Waals surface area contributed by atoms with Crippen LogP contribution in [0.1, 0.15) is 33.3 Å². The van der Waals surface area contributed by atoms with Gasteiger partial charge in [-0.2, -0.15) is 0 Å². The van der Waals surface area contributed by atoms with Gasteiger partial charge in [0.15, 0.2) is 11.5 Å². The highest BCUT2D eigenvalue weighted by Crippen LogP contribution is 2.32. The molecule has 3 rings (SSSR count). The standard InChI is InChI=1S/C20H24N6O2S/c1-5-21-19(28)26(29)17-9-7-13-18(25-17)24-16(11-22-13)23-14-10-12(20(2,3)4)6-8-15(14)27/h6-11,27,29H,5H2,1-4H3,(H,21,28)(H,23,24,25). The van der Waals surface area contributed by atoms with E-state index in [1.165, 1.54) is 0 Å². The summed E-state index contributed by atoms with van der Waals surface area (Å²) in [6.45, 7) is 8.60. The third kappa shape index (κ3) is 4.68. The van der Waals surface area contributed by atoms with Crippen molar-refractivity contribution in [1.29, 1.82) is 0 Å². The molecule has 9 heteroatoms. The molecule has 3 N–H and O–H groups in total. The minimum atomic E-state index is -0.381. The Morgan fingerprint density at radius 3 is 2.66 bits per heavy atom. The zero-order valence-corrected chi connectivity index (χ0v) is 17.7. The second-order valence-corrected chi connectivity index (χ2v) is 7.92. The van der Waals surface area contributed by atoms with Gasteiger partial charge in [0, 0.05) is 6.54 Å². The van der Waals surface area contributed by atoms with Crippen molar-refractivity contribution in [3.05, 3.63) is 42.1 Å². The Hall–Kier alpha value is -3.07. The highest BCUT2D eigenvalue weighted by Gasteiger charge is 2.17. The van der Waals surface area contributed by atoms with E-state index >= 15 is 0 Å². The van der Waals surface area contributed by atoms with Crippen LogP contribution in [-0.2, 0) is 5.41 Å². The maximum absolute atomic E-state index is 12.0. The first kappa shape index (κ1) is 20.7. The monoisotopic (exact) mass is 412 g/mol. The molecule has 0 bridgehead atoms. The molecule has 0 atom stereocenters. The molecule has 152 valence electrons. The number of carbonyl (C=O) groups is 1. The van der Waals surface area contributed by atoms with Crippen LogP contribution in [0.15, 0.2) is 36.5 Å². The minimum Gasteiger partial charge on any atom is -0.506 e. The first-order valence-corrected chi connectivity index (χ1v) is 9.60. The highest BCUT2D eigenvalue weighted by molar-refractivity contribution is 7.82. The summed E-state index contributed by atoms with van der Waals surface area (Å²) in [4.78, 5) is 25.1. The minimum absolute atomic E-state index is 0.0647. The summed E-state index contributed by atoms with van der Waals surface area (Å²) in [5.74, 6) is 0.863. The number of rotatable bonds is 4. The first-order valence-electron chi connectivity index (χ1n) is 9.20. The van der Waals surface area contributed by atoms with Gasteiger partial charge in [0.05, 0.1) is 11.9 Å². The van der Waals surface area contributed by atoms with E-state index in [0.29, 0.717) is 35.0 Å². The van der Waals surface area contributed by atoms with Crippen LogP contribution in [0.4, 0.5) is 22.1 Å². The smallest absolute Gasteiger partial charge is 0.333 e. The van der Waals surface area contributed by atoms with Crippen LogP contribution in [-0.4, -0.2) is 32.6 Å². The normalized spacial score (nSPS) is 11.3. The van der Waals surface area contributed by atoms with E-state index < -0.39 is 0 Å². The fourth-order valence-corrected chi connectivity index (χ4v) is 2.82. The molecule has 2 heterocycles. The van der Waals surface area contributed by atoms with E-state index in [1.54, 1.807) is 24.4 Å². The van der Waals surface area contributed by atoms with Crippen LogP contribution in [0, 0.1) is 0 Å². The molecule has 0 fully saturated rings. The van der Waals surface area contributed by atoms with Crippen molar-refractivity contribution in [2.75, 3.05) is 16.2 Å². The molecule has 0 saturated heterocycles. The summed E-state index contributed by atoms with van der Waals surface area (Å²) in [6.07, 6.45) is 1.56. The van der Waals surface area contributed by atoms with E-state index in [9.17, 15) is 9.90 Å². The number of pyridine rings is 1. The summed E-state index contributed by atoms with van der Waals surface area (Å²) in [5.41, 5.74) is 2.46. The lowest BCUT2D eigenvalue weighted by Gasteiger charge is -2.20. The molecule has 3 aromatic rings. The van der Waals surface area contributed by atoms with Crippen LogP contribution in [0.25, 0.3) is 11.2 Å². The van der Waals surface area contributed by atoms with Crippen molar-refractivity contribution in [1.82, 2.24) is 20.3 Å². The zero-order valence-electron chi connectivity index (χ0n) is 16.8. The predicted octanol–water partition coefficient (Wildman–Crippen LogP) is 4.15. The van der Waals surface area contributed by atoms with E-state index in [2.05, 4.69) is 59.2 Å². The lowest BCUT2D eigenvalue weighted by molar-refractivity contribution is 0.250. The molecular formula is C20H24N6O2S. The largest absolute Gasteiger partial charge is 0.506 e. The average Bonchev–Trinajstić information content (AvgIpc) is 2.67. The number of anilines is 3. The number of fused-ring (bicyclic) bond motifs is 1. The molecule has 2 amide bonds. The number of nitrogens with zero attached hydrogens (tertiary/aromatic N) is 4. The molecule has 8 nitrogen and oxygen atoms in total. The lowest BCUT2D eigenvalue weighted by atomic mass is 9.87. The molecule has 0 unspecified atom stereocenters. The molecule has 0 saturated carbocycles. The Labute approximate surface area is 174 Å². The van der Waals surface area contributed by atoms with Crippen LogP contribution in [0.5, 0.6) is 5.75 Å². The summed E-state index contributed by atoms with van der Waals surface area (Å²) >= 11 is 4.19. The quantitative estimate of drug-likeness (QED) is 0.379. The van der Waals surface area contributed by atoms with Gasteiger partial charge in [-0.25, -0.2) is 24.1 Å². The summed E-state index contributed by atoms with van der Waals surface area (Å²) in [7, 11) is 0. The van der Waals surface area contributed by atoms with Gasteiger partial charge in [0.25, 0.3) is 0 Å². The molecular weight excluding hydrogens is 388 g/mol. The van der Waals surface area contributed by atoms with Crippen LogP contribution < -0.4 is 14.9 Å². The van der Waals surface area contributed by atoms with Gasteiger partial charge in [0.1, 0.15) is 17.1 Å². The van der Waals surface area contributed by atoms with Crippen LogP contribution >= 0.6 is 12.8 Å². The number of benzene rings is 1. The van der Waals surface area contributed by atoms with Gasteiger partial charge in [-0.15, -0.1) is 0 Å². The molecule has 0 aliphatic heterocycles. The summed E-state index contributed by atoms with van der Waals surface area (Å²) in [5, 5.41) is 16.0. The third-order valence-corrected chi connectivity index (χ3v) is 4.64. The molecule has 1 aromatic carbocycles. The zero-order chi connectivity index (χ0) is 21.2. The van der Waals surface area contributed by atoms with Gasteiger partial charge in [-0.05, 0) is 42.2 Å². The van der Waals surface area contributed by atoms with E-state index in [0.717, 1.165) is 9.87 Å². The van der Waals surface area contributed by atoms with Crippen molar-refractivity contribution < 1.29 is 9.90 Å². The Bertz CT molecular complexity index is 1050. The number of phenols is 1. The maximum atomic E-state index is 12.0. The predicted molar refractivity (Wildman–Crippen MR) is 118 cm³/mol. The Kier molecular flexibility index (Phi) is 5.78. The van der Waals surface area contributed by atoms with Crippen LogP contribution in [0.3, 0.4) is 0 Å². The molecule has 2 aromatic heterocycles. The maximum Gasteiger partial charge on any atom is 0.333 e. The number of carbonyl (C=O) groups excluding carboxylic acids is 1. The van der Waals surface area contributed by atoms with Crippen molar-refractivity contribution in [2.45, 2.75) is 33.1 Å². The van der Waals surface area contributed by atoms with Gasteiger partial charge >= 0.3 is 6.03 Å². The number of phenolic OH excluding ortho intramolecular Hbond substituents is 1. The van der Waals surface area contributed by atoms with E-state index in [-0.39, 0.29) is 17.2 Å². The number of aromatic hydroxyl groups is 1. The average molecular weight is 413 g/mol. The molecule has 0 aliphatic rings. The number of hydrogen-bond acceptors (Lipinski definition) is 7. The van der Waals surface area contributed by atoms with Crippen molar-refractivity contribution >= 4 is 47.3 Å². The van der Waals surface area contributed by atoms with Gasteiger partial charge in [-0.1, -0.05) is 39.7 Å². The lowest BCUT2D eigenvalue weighted by Crippen LogP contribution is -2.34. The van der Waals surface area contributed by atoms with Gasteiger partial charge in [-0.3, -0.25) is 0 Å². The number of aromatic nitrogens is 3. The van der Waals surface area contributed by atoms with Crippen LogP contribution in [0.2, 0.25) is 0 Å². The SMILES string of the molecule is CCNC(=O)N(S)c1ccc2ncc(Nc3cc(C(C)(C)C)ccc3O)nc2n1. The number of hydrogen-bond donors (Lipinski definition) is 4. The molecule has 29 heavy (non-hydrogen) atoms. The fraction of sp³-hybridized carbons (Fsp3) is 0.300. The number of amides is 2. The second kappa shape index (κ2) is 8.12. The number of thiol groups is 1. The summed E-state index contributed by atoms with van der Waals surface area (Å²) in [6, 6.07) is 8.41. The number of urea groups is 1.